The molecule has 0 saturated heterocycles. The van der Waals surface area contributed by atoms with Gasteiger partial charge in [0.2, 0.25) is 10.9 Å². The number of nitrogens with zero attached hydrogens (tertiary/aromatic N) is 1. The van der Waals surface area contributed by atoms with Crippen LogP contribution in [0, 0.1) is 0 Å². The van der Waals surface area contributed by atoms with Crippen LogP contribution in [0.4, 0.5) is 5.69 Å². The van der Waals surface area contributed by atoms with Gasteiger partial charge in [-0.05, 0) is 12.1 Å². The molecule has 0 spiro atoms. The number of fused-ring (bicyclic) bond motifs is 1. The van der Waals surface area contributed by atoms with E-state index < -0.39 is 10.9 Å². The number of hydrogen-bond donors (Lipinski definition) is 2. The Bertz CT molecular complexity index is 496. The Hall–Kier alpha value is -1.14. The molecule has 6 heteroatoms. The molecular formula is C7H6N2O2S2. The van der Waals surface area contributed by atoms with Gasteiger partial charge in [0.1, 0.15) is 0 Å². The molecule has 1 aromatic heterocycles. The molecule has 0 aliphatic heterocycles. The Morgan fingerprint density at radius 1 is 1.38 bits per heavy atom. The molecule has 0 bridgehead atoms. The molecule has 2 aromatic rings. The number of aromatic nitrogens is 1. The van der Waals surface area contributed by atoms with Crippen LogP contribution in [0.2, 0.25) is 0 Å². The number of anilines is 1. The third-order valence-electron chi connectivity index (χ3n) is 1.57. The predicted molar refractivity (Wildman–Crippen MR) is 53.6 cm³/mol. The third-order valence-corrected chi connectivity index (χ3v) is 2.87. The summed E-state index contributed by atoms with van der Waals surface area (Å²) in [7, 11) is -2.60. The van der Waals surface area contributed by atoms with Gasteiger partial charge in [0.15, 0.2) is 0 Å². The zero-order valence-corrected chi connectivity index (χ0v) is 8.14. The summed E-state index contributed by atoms with van der Waals surface area (Å²) in [6.07, 6.45) is 0. The first kappa shape index (κ1) is 8.46. The molecule has 1 heterocycles. The van der Waals surface area contributed by atoms with Gasteiger partial charge in [-0.1, -0.05) is 6.07 Å². The normalized spacial score (nSPS) is 10.8. The summed E-state index contributed by atoms with van der Waals surface area (Å²) in [6, 6.07) is 5.32. The molecule has 2 rings (SSSR count). The van der Waals surface area contributed by atoms with Gasteiger partial charge in [0.05, 0.1) is 21.4 Å². The molecule has 0 atom stereocenters. The highest BCUT2D eigenvalue weighted by Crippen LogP contribution is 2.26. The van der Waals surface area contributed by atoms with E-state index in [1.807, 2.05) is 6.07 Å². The number of thiol groups is 1. The first-order valence-corrected chi connectivity index (χ1v) is 5.56. The second-order valence-electron chi connectivity index (χ2n) is 2.38. The fraction of sp³-hybridized carbons (Fsp3) is 0. The Kier molecular flexibility index (Phi) is 2.15. The van der Waals surface area contributed by atoms with Gasteiger partial charge in [0, 0.05) is 0 Å². The first-order chi connectivity index (χ1) is 6.27. The molecule has 1 aromatic carbocycles. The average molecular weight is 214 g/mol. The van der Waals surface area contributed by atoms with Gasteiger partial charge in [-0.25, -0.2) is 13.4 Å². The van der Waals surface area contributed by atoms with Crippen molar-refractivity contribution in [3.05, 3.63) is 23.7 Å². The van der Waals surface area contributed by atoms with Crippen molar-refractivity contribution in [1.82, 2.24) is 4.98 Å². The second-order valence-corrected chi connectivity index (χ2v) is 3.97. The molecule has 0 saturated carbocycles. The van der Waals surface area contributed by atoms with Crippen LogP contribution < -0.4 is 4.72 Å². The van der Waals surface area contributed by atoms with Crippen molar-refractivity contribution in [2.75, 3.05) is 4.72 Å². The Labute approximate surface area is 80.3 Å². The topological polar surface area (TPSA) is 59.1 Å². The highest BCUT2D eigenvalue weighted by molar-refractivity contribution is 7.74. The van der Waals surface area contributed by atoms with E-state index in [0.29, 0.717) is 5.69 Å². The van der Waals surface area contributed by atoms with E-state index in [1.165, 1.54) is 11.3 Å². The van der Waals surface area contributed by atoms with E-state index in [4.69, 9.17) is 0 Å². The lowest BCUT2D eigenvalue weighted by atomic mass is 10.3. The van der Waals surface area contributed by atoms with Crippen molar-refractivity contribution < 1.29 is 8.42 Å². The van der Waals surface area contributed by atoms with Crippen molar-refractivity contribution in [1.29, 1.82) is 0 Å². The maximum Gasteiger partial charge on any atom is 0.222 e. The first-order valence-electron chi connectivity index (χ1n) is 3.50. The van der Waals surface area contributed by atoms with Crippen molar-refractivity contribution >= 4 is 38.1 Å². The lowest BCUT2D eigenvalue weighted by Gasteiger charge is -1.98. The van der Waals surface area contributed by atoms with Gasteiger partial charge in [0.25, 0.3) is 0 Å². The standard InChI is InChI=1S/C7H6N2O2S2/c10-13(11)9-6-3-1-2-5-7(6)12-4-8-5/h1-4,13H,(H,9,10,11). The molecule has 0 unspecified atom stereocenters. The average Bonchev–Trinajstić information content (AvgIpc) is 2.51. The van der Waals surface area contributed by atoms with E-state index in [2.05, 4.69) is 9.71 Å². The lowest BCUT2D eigenvalue weighted by molar-refractivity contribution is 0.619. The maximum atomic E-state index is 10.4. The van der Waals surface area contributed by atoms with Crippen molar-refractivity contribution in [2.24, 2.45) is 0 Å². The molecule has 68 valence electrons. The molecule has 0 aliphatic carbocycles. The Morgan fingerprint density at radius 2 is 2.23 bits per heavy atom. The van der Waals surface area contributed by atoms with E-state index in [1.54, 1.807) is 17.6 Å². The molecule has 0 fully saturated rings. The van der Waals surface area contributed by atoms with Crippen LogP contribution in [0.1, 0.15) is 0 Å². The minimum absolute atomic E-state index is 0.594. The SMILES string of the molecule is O=[SH](=O)Nc1cccc2ncsc12. The van der Waals surface area contributed by atoms with E-state index in [-0.39, 0.29) is 0 Å². The van der Waals surface area contributed by atoms with Crippen molar-refractivity contribution in [3.8, 4) is 0 Å². The van der Waals surface area contributed by atoms with Crippen LogP contribution in [-0.2, 0) is 10.9 Å². The van der Waals surface area contributed by atoms with Gasteiger partial charge in [-0.2, -0.15) is 0 Å². The number of rotatable bonds is 2. The third kappa shape index (κ3) is 1.63. The minimum Gasteiger partial charge on any atom is -0.284 e. The van der Waals surface area contributed by atoms with Gasteiger partial charge >= 0.3 is 0 Å². The molecule has 0 radical (unpaired) electrons. The fourth-order valence-corrected chi connectivity index (χ4v) is 2.29. The quantitative estimate of drug-likeness (QED) is 0.739. The number of nitrogens with one attached hydrogen (secondary N) is 1. The summed E-state index contributed by atoms with van der Waals surface area (Å²) in [6.45, 7) is 0. The Morgan fingerprint density at radius 3 is 3.00 bits per heavy atom. The molecule has 0 aliphatic rings. The molecule has 4 nitrogen and oxygen atoms in total. The molecule has 13 heavy (non-hydrogen) atoms. The summed E-state index contributed by atoms with van der Waals surface area (Å²) in [4.78, 5) is 4.07. The van der Waals surface area contributed by atoms with Crippen molar-refractivity contribution in [2.45, 2.75) is 0 Å². The zero-order valence-electron chi connectivity index (χ0n) is 6.43. The summed E-state index contributed by atoms with van der Waals surface area (Å²) < 4.78 is 24.1. The largest absolute Gasteiger partial charge is 0.284 e. The summed E-state index contributed by atoms with van der Waals surface area (Å²) in [5.74, 6) is 0. The van der Waals surface area contributed by atoms with Crippen LogP contribution in [0.25, 0.3) is 10.2 Å². The number of thiazole rings is 1. The maximum absolute atomic E-state index is 10.4. The highest BCUT2D eigenvalue weighted by Gasteiger charge is 2.01. The fourth-order valence-electron chi connectivity index (χ4n) is 1.07. The van der Waals surface area contributed by atoms with E-state index in [9.17, 15) is 8.42 Å². The smallest absolute Gasteiger partial charge is 0.222 e. The van der Waals surface area contributed by atoms with Gasteiger partial charge in [-0.3, -0.25) is 4.72 Å². The minimum atomic E-state index is -2.60. The second kappa shape index (κ2) is 3.31. The monoisotopic (exact) mass is 214 g/mol. The predicted octanol–water partition coefficient (Wildman–Crippen LogP) is 1.23. The number of benzene rings is 1. The van der Waals surface area contributed by atoms with Crippen LogP contribution in [0.3, 0.4) is 0 Å². The molecular weight excluding hydrogens is 208 g/mol. The Balaban J connectivity index is 2.60. The summed E-state index contributed by atoms with van der Waals surface area (Å²) >= 11 is 1.41. The van der Waals surface area contributed by atoms with E-state index >= 15 is 0 Å². The summed E-state index contributed by atoms with van der Waals surface area (Å²) in [5.41, 5.74) is 3.09. The van der Waals surface area contributed by atoms with Crippen LogP contribution in [0.5, 0.6) is 0 Å². The molecule has 0 amide bonds. The lowest BCUT2D eigenvalue weighted by Crippen LogP contribution is -1.94. The highest BCUT2D eigenvalue weighted by atomic mass is 32.2. The van der Waals surface area contributed by atoms with Crippen LogP contribution in [-0.4, -0.2) is 13.4 Å². The summed E-state index contributed by atoms with van der Waals surface area (Å²) in [5, 5.41) is 0. The van der Waals surface area contributed by atoms with Crippen LogP contribution >= 0.6 is 11.3 Å². The van der Waals surface area contributed by atoms with Crippen LogP contribution in [0.15, 0.2) is 23.7 Å². The van der Waals surface area contributed by atoms with Gasteiger partial charge in [-0.15, -0.1) is 11.3 Å². The van der Waals surface area contributed by atoms with Gasteiger partial charge < -0.3 is 0 Å². The zero-order chi connectivity index (χ0) is 9.26. The van der Waals surface area contributed by atoms with Crippen molar-refractivity contribution in [3.63, 3.8) is 0 Å². The molecule has 1 N–H and O–H groups in total. The number of hydrogen-bond acceptors (Lipinski definition) is 4. The van der Waals surface area contributed by atoms with E-state index in [0.717, 1.165) is 10.2 Å².